The van der Waals surface area contributed by atoms with Crippen LogP contribution >= 0.6 is 0 Å². The van der Waals surface area contributed by atoms with Crippen LogP contribution in [0.1, 0.15) is 38.7 Å². The Morgan fingerprint density at radius 1 is 1.35 bits per heavy atom. The Hall–Kier alpha value is -1.13. The second-order valence-electron chi connectivity index (χ2n) is 5.19. The summed E-state index contributed by atoms with van der Waals surface area (Å²) in [6, 6.07) is 4.78. The molecular formula is C16H26FNO2. The van der Waals surface area contributed by atoms with Crippen LogP contribution in [0.5, 0.6) is 5.75 Å². The fourth-order valence-electron chi connectivity index (χ4n) is 2.32. The molecule has 1 aromatic carbocycles. The van der Waals surface area contributed by atoms with E-state index in [1.165, 1.54) is 6.07 Å². The molecule has 1 rings (SSSR count). The Kier molecular flexibility index (Phi) is 6.96. The number of benzene rings is 1. The summed E-state index contributed by atoms with van der Waals surface area (Å²) in [6.45, 7) is 7.37. The number of aliphatic hydroxyl groups is 1. The molecule has 0 heterocycles. The smallest absolute Gasteiger partial charge is 0.126 e. The van der Waals surface area contributed by atoms with Gasteiger partial charge in [-0.25, -0.2) is 4.39 Å². The summed E-state index contributed by atoms with van der Waals surface area (Å²) in [7, 11) is 0. The molecule has 1 atom stereocenters. The van der Waals surface area contributed by atoms with Crippen molar-refractivity contribution in [2.24, 2.45) is 0 Å². The zero-order valence-electron chi connectivity index (χ0n) is 12.7. The Balaban J connectivity index is 2.41. The first kappa shape index (κ1) is 16.9. The molecule has 0 saturated heterocycles. The minimum Gasteiger partial charge on any atom is -0.494 e. The highest BCUT2D eigenvalue weighted by molar-refractivity contribution is 5.28. The summed E-state index contributed by atoms with van der Waals surface area (Å²) in [5.74, 6) is 0.480. The van der Waals surface area contributed by atoms with Gasteiger partial charge in [-0.15, -0.1) is 0 Å². The maximum atomic E-state index is 13.1. The molecule has 114 valence electrons. The second kappa shape index (κ2) is 8.22. The van der Waals surface area contributed by atoms with Crippen LogP contribution in [0, 0.1) is 12.7 Å². The third-order valence-electron chi connectivity index (χ3n) is 3.73. The molecule has 0 aromatic heterocycles. The molecular weight excluding hydrogens is 257 g/mol. The van der Waals surface area contributed by atoms with Crippen LogP contribution in [-0.4, -0.2) is 30.4 Å². The van der Waals surface area contributed by atoms with E-state index < -0.39 is 0 Å². The number of rotatable bonds is 9. The molecule has 0 amide bonds. The summed E-state index contributed by atoms with van der Waals surface area (Å²) >= 11 is 0. The number of halogens is 1. The largest absolute Gasteiger partial charge is 0.494 e. The van der Waals surface area contributed by atoms with Crippen molar-refractivity contribution in [2.75, 3.05) is 19.8 Å². The van der Waals surface area contributed by atoms with Gasteiger partial charge in [0.15, 0.2) is 0 Å². The van der Waals surface area contributed by atoms with Gasteiger partial charge < -0.3 is 15.2 Å². The Morgan fingerprint density at radius 3 is 2.65 bits per heavy atom. The van der Waals surface area contributed by atoms with E-state index in [1.807, 2.05) is 6.92 Å². The zero-order valence-corrected chi connectivity index (χ0v) is 12.7. The van der Waals surface area contributed by atoms with Crippen molar-refractivity contribution in [2.45, 2.75) is 45.6 Å². The minimum atomic E-state index is -0.213. The van der Waals surface area contributed by atoms with Gasteiger partial charge in [-0.3, -0.25) is 0 Å². The molecule has 0 bridgehead atoms. The summed E-state index contributed by atoms with van der Waals surface area (Å²) < 4.78 is 18.8. The lowest BCUT2D eigenvalue weighted by molar-refractivity contribution is 0.139. The Labute approximate surface area is 121 Å². The van der Waals surface area contributed by atoms with Crippen molar-refractivity contribution >= 4 is 0 Å². The zero-order chi connectivity index (χ0) is 15.0. The molecule has 0 aliphatic rings. The summed E-state index contributed by atoms with van der Waals surface area (Å²) in [5, 5.41) is 12.9. The molecule has 4 heteroatoms. The van der Waals surface area contributed by atoms with Crippen molar-refractivity contribution < 1.29 is 14.2 Å². The van der Waals surface area contributed by atoms with Crippen molar-refractivity contribution in [1.82, 2.24) is 5.32 Å². The van der Waals surface area contributed by atoms with Crippen molar-refractivity contribution in [3.63, 3.8) is 0 Å². The molecule has 2 N–H and O–H groups in total. The fraction of sp³-hybridized carbons (Fsp3) is 0.625. The van der Waals surface area contributed by atoms with Gasteiger partial charge in [0.05, 0.1) is 13.2 Å². The topological polar surface area (TPSA) is 41.5 Å². The monoisotopic (exact) mass is 283 g/mol. The van der Waals surface area contributed by atoms with Crippen LogP contribution in [-0.2, 0) is 0 Å². The predicted octanol–water partition coefficient (Wildman–Crippen LogP) is 3.04. The molecule has 1 unspecified atom stereocenters. The second-order valence-corrected chi connectivity index (χ2v) is 5.19. The maximum Gasteiger partial charge on any atom is 0.126 e. The van der Waals surface area contributed by atoms with Crippen LogP contribution in [0.3, 0.4) is 0 Å². The molecule has 0 fully saturated rings. The van der Waals surface area contributed by atoms with Gasteiger partial charge in [-0.1, -0.05) is 13.8 Å². The lowest BCUT2D eigenvalue weighted by Gasteiger charge is -2.31. The van der Waals surface area contributed by atoms with Crippen LogP contribution in [0.25, 0.3) is 0 Å². The third-order valence-corrected chi connectivity index (χ3v) is 3.73. The molecule has 3 nitrogen and oxygen atoms in total. The van der Waals surface area contributed by atoms with E-state index in [9.17, 15) is 9.50 Å². The van der Waals surface area contributed by atoms with E-state index in [4.69, 9.17) is 4.74 Å². The Morgan fingerprint density at radius 2 is 2.10 bits per heavy atom. The van der Waals surface area contributed by atoms with Crippen LogP contribution < -0.4 is 10.1 Å². The molecule has 0 aliphatic carbocycles. The summed E-state index contributed by atoms with van der Waals surface area (Å²) in [4.78, 5) is 0. The van der Waals surface area contributed by atoms with Gasteiger partial charge in [-0.2, -0.15) is 0 Å². The van der Waals surface area contributed by atoms with E-state index in [0.717, 1.165) is 25.8 Å². The molecule has 0 aliphatic heterocycles. The quantitative estimate of drug-likeness (QED) is 0.684. The molecule has 0 radical (unpaired) electrons. The van der Waals surface area contributed by atoms with Crippen LogP contribution in [0.15, 0.2) is 18.2 Å². The SMILES string of the molecule is CCNC(CC)(CO)CCCOc1ccc(F)c(C)c1. The van der Waals surface area contributed by atoms with E-state index in [0.29, 0.717) is 17.9 Å². The summed E-state index contributed by atoms with van der Waals surface area (Å²) in [5.41, 5.74) is 0.380. The van der Waals surface area contributed by atoms with Crippen LogP contribution in [0.4, 0.5) is 4.39 Å². The minimum absolute atomic E-state index is 0.132. The van der Waals surface area contributed by atoms with E-state index in [2.05, 4.69) is 12.2 Å². The lowest BCUT2D eigenvalue weighted by Crippen LogP contribution is -2.48. The molecule has 1 aromatic rings. The normalized spacial score (nSPS) is 14.1. The average molecular weight is 283 g/mol. The number of aryl methyl sites for hydroxylation is 1. The number of aliphatic hydroxyl groups excluding tert-OH is 1. The summed E-state index contributed by atoms with van der Waals surface area (Å²) in [6.07, 6.45) is 2.58. The molecule has 0 spiro atoms. The number of hydrogen-bond acceptors (Lipinski definition) is 3. The van der Waals surface area contributed by atoms with Crippen LogP contribution in [0.2, 0.25) is 0 Å². The van der Waals surface area contributed by atoms with Crippen molar-refractivity contribution in [3.8, 4) is 5.75 Å². The van der Waals surface area contributed by atoms with Gasteiger partial charge in [0.2, 0.25) is 0 Å². The standard InChI is InChI=1S/C16H26FNO2/c1-4-16(12-19,18-5-2)9-6-10-20-14-7-8-15(17)13(3)11-14/h7-8,11,18-19H,4-6,9-10,12H2,1-3H3. The number of hydrogen-bond donors (Lipinski definition) is 2. The fourth-order valence-corrected chi connectivity index (χ4v) is 2.32. The third kappa shape index (κ3) is 4.76. The van der Waals surface area contributed by atoms with E-state index in [-0.39, 0.29) is 18.0 Å². The maximum absolute atomic E-state index is 13.1. The van der Waals surface area contributed by atoms with Gasteiger partial charge >= 0.3 is 0 Å². The lowest BCUT2D eigenvalue weighted by atomic mass is 9.91. The van der Waals surface area contributed by atoms with Crippen molar-refractivity contribution in [1.29, 1.82) is 0 Å². The predicted molar refractivity (Wildman–Crippen MR) is 79.7 cm³/mol. The van der Waals surface area contributed by atoms with Gasteiger partial charge in [0.1, 0.15) is 11.6 Å². The van der Waals surface area contributed by atoms with Gasteiger partial charge in [0, 0.05) is 5.54 Å². The van der Waals surface area contributed by atoms with E-state index in [1.54, 1.807) is 19.1 Å². The highest BCUT2D eigenvalue weighted by Crippen LogP contribution is 2.19. The van der Waals surface area contributed by atoms with E-state index >= 15 is 0 Å². The average Bonchev–Trinajstić information content (AvgIpc) is 2.46. The first-order chi connectivity index (χ1) is 9.56. The van der Waals surface area contributed by atoms with Crippen molar-refractivity contribution in [3.05, 3.63) is 29.6 Å². The molecule has 0 saturated carbocycles. The number of likely N-dealkylation sites (N-methyl/N-ethyl adjacent to an activating group) is 1. The number of nitrogens with one attached hydrogen (secondary N) is 1. The van der Waals surface area contributed by atoms with Gasteiger partial charge in [0.25, 0.3) is 0 Å². The molecule has 20 heavy (non-hydrogen) atoms. The Bertz CT molecular complexity index is 405. The highest BCUT2D eigenvalue weighted by atomic mass is 19.1. The van der Waals surface area contributed by atoms with Gasteiger partial charge in [-0.05, 0) is 56.5 Å². The first-order valence-electron chi connectivity index (χ1n) is 7.31. The highest BCUT2D eigenvalue weighted by Gasteiger charge is 2.25. The number of ether oxygens (including phenoxy) is 1. The first-order valence-corrected chi connectivity index (χ1v) is 7.31.